The standard InChI is InChI=1S/C12H23NO2/c1-4-6-8-13(9-7-5-2)10-11(3)12(14)15/h10H,4-9H2,1-3H3,(H,14,15)/b11-10+. The SMILES string of the molecule is CCCCN(/C=C(\C)C(=O)O)CCCC. The summed E-state index contributed by atoms with van der Waals surface area (Å²) in [4.78, 5) is 12.8. The lowest BCUT2D eigenvalue weighted by atomic mass is 10.2. The fourth-order valence-electron chi connectivity index (χ4n) is 1.29. The molecular formula is C12H23NO2. The molecule has 0 aliphatic carbocycles. The van der Waals surface area contributed by atoms with E-state index < -0.39 is 5.97 Å². The number of hydrogen-bond acceptors (Lipinski definition) is 2. The second-order valence-electron chi connectivity index (χ2n) is 3.86. The van der Waals surface area contributed by atoms with Crippen LogP contribution in [0.3, 0.4) is 0 Å². The summed E-state index contributed by atoms with van der Waals surface area (Å²) in [5.41, 5.74) is 0.419. The molecule has 0 saturated carbocycles. The molecule has 1 N–H and O–H groups in total. The molecule has 0 heterocycles. The quantitative estimate of drug-likeness (QED) is 0.630. The lowest BCUT2D eigenvalue weighted by Gasteiger charge is -2.20. The molecule has 0 bridgehead atoms. The van der Waals surface area contributed by atoms with Crippen LogP contribution in [0.1, 0.15) is 46.5 Å². The van der Waals surface area contributed by atoms with E-state index in [1.54, 1.807) is 13.1 Å². The Labute approximate surface area is 92.8 Å². The molecule has 0 aromatic heterocycles. The molecule has 0 rings (SSSR count). The van der Waals surface area contributed by atoms with Crippen molar-refractivity contribution in [1.82, 2.24) is 4.90 Å². The summed E-state index contributed by atoms with van der Waals surface area (Å²) in [5.74, 6) is -0.826. The van der Waals surface area contributed by atoms with Crippen LogP contribution in [0.2, 0.25) is 0 Å². The molecular weight excluding hydrogens is 190 g/mol. The number of rotatable bonds is 8. The van der Waals surface area contributed by atoms with Crippen LogP contribution in [-0.4, -0.2) is 29.1 Å². The number of carboxylic acids is 1. The number of aliphatic carboxylic acids is 1. The molecule has 0 amide bonds. The van der Waals surface area contributed by atoms with E-state index in [1.807, 2.05) is 0 Å². The van der Waals surface area contributed by atoms with E-state index in [-0.39, 0.29) is 0 Å². The Morgan fingerprint density at radius 3 is 2.00 bits per heavy atom. The molecule has 0 atom stereocenters. The average molecular weight is 213 g/mol. The van der Waals surface area contributed by atoms with Gasteiger partial charge in [-0.2, -0.15) is 0 Å². The minimum atomic E-state index is -0.826. The van der Waals surface area contributed by atoms with Gasteiger partial charge in [0, 0.05) is 24.9 Å². The lowest BCUT2D eigenvalue weighted by molar-refractivity contribution is -0.132. The molecule has 0 saturated heterocycles. The zero-order valence-electron chi connectivity index (χ0n) is 10.1. The highest BCUT2D eigenvalue weighted by molar-refractivity contribution is 5.85. The summed E-state index contributed by atoms with van der Waals surface area (Å²) >= 11 is 0. The molecule has 3 nitrogen and oxygen atoms in total. The van der Waals surface area contributed by atoms with E-state index in [4.69, 9.17) is 5.11 Å². The van der Waals surface area contributed by atoms with Gasteiger partial charge in [-0.3, -0.25) is 0 Å². The Morgan fingerprint density at radius 1 is 1.20 bits per heavy atom. The highest BCUT2D eigenvalue weighted by atomic mass is 16.4. The first-order valence-electron chi connectivity index (χ1n) is 5.77. The zero-order chi connectivity index (χ0) is 11.7. The summed E-state index contributed by atoms with van der Waals surface area (Å²) < 4.78 is 0. The third-order valence-corrected chi connectivity index (χ3v) is 2.31. The second-order valence-corrected chi connectivity index (χ2v) is 3.86. The molecule has 0 aromatic carbocycles. The van der Waals surface area contributed by atoms with Gasteiger partial charge in [0.05, 0.1) is 0 Å². The number of carbonyl (C=O) groups is 1. The Morgan fingerprint density at radius 2 is 1.67 bits per heavy atom. The molecule has 0 radical (unpaired) electrons. The summed E-state index contributed by atoms with van der Waals surface area (Å²) in [6, 6.07) is 0. The molecule has 0 fully saturated rings. The van der Waals surface area contributed by atoms with Gasteiger partial charge in [0.25, 0.3) is 0 Å². The fourth-order valence-corrected chi connectivity index (χ4v) is 1.29. The largest absolute Gasteiger partial charge is 0.478 e. The van der Waals surface area contributed by atoms with Crippen molar-refractivity contribution in [1.29, 1.82) is 0 Å². The van der Waals surface area contributed by atoms with Crippen molar-refractivity contribution < 1.29 is 9.90 Å². The summed E-state index contributed by atoms with van der Waals surface area (Å²) in [6.07, 6.45) is 6.29. The van der Waals surface area contributed by atoms with Gasteiger partial charge < -0.3 is 10.0 Å². The first-order chi connectivity index (χ1) is 7.11. The molecule has 15 heavy (non-hydrogen) atoms. The van der Waals surface area contributed by atoms with E-state index >= 15 is 0 Å². The van der Waals surface area contributed by atoms with Crippen molar-refractivity contribution in [2.45, 2.75) is 46.5 Å². The van der Waals surface area contributed by atoms with Crippen molar-refractivity contribution in [2.24, 2.45) is 0 Å². The predicted molar refractivity (Wildman–Crippen MR) is 62.8 cm³/mol. The number of carboxylic acid groups (broad SMARTS) is 1. The third-order valence-electron chi connectivity index (χ3n) is 2.31. The summed E-state index contributed by atoms with van der Waals surface area (Å²) in [5, 5.41) is 8.79. The van der Waals surface area contributed by atoms with E-state index in [2.05, 4.69) is 18.7 Å². The van der Waals surface area contributed by atoms with Crippen molar-refractivity contribution in [3.63, 3.8) is 0 Å². The maximum absolute atomic E-state index is 10.7. The first kappa shape index (κ1) is 14.0. The van der Waals surface area contributed by atoms with Crippen LogP contribution < -0.4 is 0 Å². The van der Waals surface area contributed by atoms with E-state index in [1.165, 1.54) is 0 Å². The molecule has 0 aromatic rings. The van der Waals surface area contributed by atoms with E-state index in [0.29, 0.717) is 5.57 Å². The van der Waals surface area contributed by atoms with Gasteiger partial charge in [0.1, 0.15) is 0 Å². The molecule has 88 valence electrons. The molecule has 3 heteroatoms. The third kappa shape index (κ3) is 7.00. The molecule has 0 unspecified atom stereocenters. The van der Waals surface area contributed by atoms with Gasteiger partial charge in [0.2, 0.25) is 0 Å². The summed E-state index contributed by atoms with van der Waals surface area (Å²) in [6.45, 7) is 7.85. The molecule has 0 aliphatic rings. The van der Waals surface area contributed by atoms with Gasteiger partial charge in [0.15, 0.2) is 0 Å². The maximum Gasteiger partial charge on any atom is 0.332 e. The van der Waals surface area contributed by atoms with Crippen LogP contribution in [0.25, 0.3) is 0 Å². The zero-order valence-corrected chi connectivity index (χ0v) is 10.1. The van der Waals surface area contributed by atoms with Crippen LogP contribution >= 0.6 is 0 Å². The number of hydrogen-bond donors (Lipinski definition) is 1. The van der Waals surface area contributed by atoms with Crippen LogP contribution in [0.15, 0.2) is 11.8 Å². The minimum absolute atomic E-state index is 0.419. The van der Waals surface area contributed by atoms with Crippen molar-refractivity contribution in [2.75, 3.05) is 13.1 Å². The van der Waals surface area contributed by atoms with Crippen LogP contribution in [0.5, 0.6) is 0 Å². The number of nitrogens with zero attached hydrogens (tertiary/aromatic N) is 1. The van der Waals surface area contributed by atoms with Crippen molar-refractivity contribution in [3.05, 3.63) is 11.8 Å². The average Bonchev–Trinajstić information content (AvgIpc) is 2.21. The van der Waals surface area contributed by atoms with Crippen molar-refractivity contribution in [3.8, 4) is 0 Å². The second kappa shape index (κ2) is 8.33. The normalized spacial score (nSPS) is 11.5. The van der Waals surface area contributed by atoms with Crippen molar-refractivity contribution >= 4 is 5.97 Å². The maximum atomic E-state index is 10.7. The number of unbranched alkanes of at least 4 members (excludes halogenated alkanes) is 2. The van der Waals surface area contributed by atoms with E-state index in [0.717, 1.165) is 38.8 Å². The highest BCUT2D eigenvalue weighted by Crippen LogP contribution is 2.03. The first-order valence-corrected chi connectivity index (χ1v) is 5.77. The fraction of sp³-hybridized carbons (Fsp3) is 0.750. The lowest BCUT2D eigenvalue weighted by Crippen LogP contribution is -2.21. The summed E-state index contributed by atoms with van der Waals surface area (Å²) in [7, 11) is 0. The Kier molecular flexibility index (Phi) is 7.78. The Hall–Kier alpha value is -0.990. The highest BCUT2D eigenvalue weighted by Gasteiger charge is 2.04. The predicted octanol–water partition coefficient (Wildman–Crippen LogP) is 2.88. The van der Waals surface area contributed by atoms with Crippen LogP contribution in [-0.2, 0) is 4.79 Å². The Bertz CT molecular complexity index is 204. The monoisotopic (exact) mass is 213 g/mol. The minimum Gasteiger partial charge on any atom is -0.478 e. The smallest absolute Gasteiger partial charge is 0.332 e. The Balaban J connectivity index is 4.21. The van der Waals surface area contributed by atoms with E-state index in [9.17, 15) is 4.79 Å². The topological polar surface area (TPSA) is 40.5 Å². The van der Waals surface area contributed by atoms with Gasteiger partial charge in [-0.15, -0.1) is 0 Å². The van der Waals surface area contributed by atoms with Crippen LogP contribution in [0.4, 0.5) is 0 Å². The molecule has 0 aliphatic heterocycles. The van der Waals surface area contributed by atoms with Gasteiger partial charge in [-0.1, -0.05) is 26.7 Å². The van der Waals surface area contributed by atoms with Gasteiger partial charge in [-0.25, -0.2) is 4.79 Å². The van der Waals surface area contributed by atoms with Gasteiger partial charge >= 0.3 is 5.97 Å². The van der Waals surface area contributed by atoms with Crippen LogP contribution in [0, 0.1) is 0 Å². The van der Waals surface area contributed by atoms with Gasteiger partial charge in [-0.05, 0) is 19.8 Å². The molecule has 0 spiro atoms.